The number of allylic oxidation sites excluding steroid dienone is 2. The van der Waals surface area contributed by atoms with Gasteiger partial charge >= 0.3 is 17.9 Å². The number of aliphatic hydroxyl groups excluding tert-OH is 1. The van der Waals surface area contributed by atoms with E-state index in [4.69, 9.17) is 20.7 Å². The number of aliphatic carboxylic acids is 2. The fourth-order valence-corrected chi connectivity index (χ4v) is 7.14. The molecule has 0 spiro atoms. The summed E-state index contributed by atoms with van der Waals surface area (Å²) < 4.78 is 5.10. The summed E-state index contributed by atoms with van der Waals surface area (Å²) in [7, 11) is 0. The number of aliphatic hydroxyl groups is 1. The molecule has 4 rings (SSSR count). The third kappa shape index (κ3) is 7.55. The Bertz CT molecular complexity index is 1400. The van der Waals surface area contributed by atoms with Gasteiger partial charge in [-0.05, 0) is 49.0 Å². The number of rotatable bonds is 15. The van der Waals surface area contributed by atoms with E-state index in [0.717, 1.165) is 16.7 Å². The highest BCUT2D eigenvalue weighted by Gasteiger charge is 2.50. The number of pyridine rings is 1. The summed E-state index contributed by atoms with van der Waals surface area (Å²) in [6.45, 7) is 1.97. The van der Waals surface area contributed by atoms with E-state index >= 15 is 0 Å². The maximum Gasteiger partial charge on any atom is 0.353 e. The molecule has 236 valence electrons. The standard InChI is InChI=1S/C30H36N4O9S/c1-2-8-30(44-15-21(25(36)34-26(37)28(40)41)33-22(35)4-3-20(31)27(38)39)9-5-18-13-17(12-16-6-10-32-11-7-16)14-19-23(18)24(30)43-29(19)42/h5-7,9-11,14,18-21,26,37H,2-4,8,12-13,15,31H2,1H3,(H,33,35)(H,34,36)(H,38,39)(H,40,41)/t18-,19+,20+,21+,26+,30-/m1/s1. The Morgan fingerprint density at radius 3 is 2.57 bits per heavy atom. The number of amides is 2. The average Bonchev–Trinajstić information content (AvgIpc) is 3.33. The van der Waals surface area contributed by atoms with Crippen LogP contribution in [0.4, 0.5) is 0 Å². The Kier molecular flexibility index (Phi) is 10.6. The zero-order valence-corrected chi connectivity index (χ0v) is 24.9. The normalized spacial score (nSPS) is 24.0. The minimum Gasteiger partial charge on any atom is -0.480 e. The number of esters is 1. The maximum atomic E-state index is 13.2. The predicted molar refractivity (Wildman–Crippen MR) is 159 cm³/mol. The summed E-state index contributed by atoms with van der Waals surface area (Å²) in [6, 6.07) is 1.29. The van der Waals surface area contributed by atoms with E-state index < -0.39 is 52.7 Å². The van der Waals surface area contributed by atoms with Gasteiger partial charge < -0.3 is 36.4 Å². The third-order valence-corrected chi connectivity index (χ3v) is 9.33. The lowest BCUT2D eigenvalue weighted by Gasteiger charge is -2.38. The first-order valence-electron chi connectivity index (χ1n) is 14.3. The fourth-order valence-electron chi connectivity index (χ4n) is 5.63. The molecule has 1 aliphatic heterocycles. The molecule has 2 aliphatic carbocycles. The monoisotopic (exact) mass is 628 g/mol. The Morgan fingerprint density at radius 2 is 1.91 bits per heavy atom. The first-order chi connectivity index (χ1) is 20.9. The van der Waals surface area contributed by atoms with Crippen LogP contribution >= 0.6 is 11.8 Å². The van der Waals surface area contributed by atoms with Crippen molar-refractivity contribution < 1.29 is 44.0 Å². The Morgan fingerprint density at radius 1 is 1.18 bits per heavy atom. The van der Waals surface area contributed by atoms with Crippen molar-refractivity contribution in [3.63, 3.8) is 0 Å². The number of hydrogen-bond acceptors (Lipinski definition) is 10. The van der Waals surface area contributed by atoms with Gasteiger partial charge in [0.15, 0.2) is 0 Å². The summed E-state index contributed by atoms with van der Waals surface area (Å²) in [5.74, 6) is -5.10. The number of carbonyl (C=O) groups excluding carboxylic acids is 3. The summed E-state index contributed by atoms with van der Waals surface area (Å²) >= 11 is 1.26. The fraction of sp³-hybridized carbons (Fsp3) is 0.467. The van der Waals surface area contributed by atoms with E-state index in [1.54, 1.807) is 12.4 Å². The molecule has 0 bridgehead atoms. The van der Waals surface area contributed by atoms with Crippen molar-refractivity contribution in [1.82, 2.24) is 15.6 Å². The summed E-state index contributed by atoms with van der Waals surface area (Å²) in [6.07, 6.45) is 9.40. The van der Waals surface area contributed by atoms with Gasteiger partial charge in [-0.1, -0.05) is 37.1 Å². The lowest BCUT2D eigenvalue weighted by atomic mass is 9.72. The molecule has 14 heteroatoms. The van der Waals surface area contributed by atoms with Crippen LogP contribution in [0.25, 0.3) is 0 Å². The highest BCUT2D eigenvalue weighted by Crippen LogP contribution is 2.53. The third-order valence-electron chi connectivity index (χ3n) is 7.79. The van der Waals surface area contributed by atoms with Crippen molar-refractivity contribution in [1.29, 1.82) is 0 Å². The minimum absolute atomic E-state index is 0.0446. The molecule has 0 saturated heterocycles. The molecule has 0 saturated carbocycles. The zero-order chi connectivity index (χ0) is 32.0. The number of nitrogens with one attached hydrogen (secondary N) is 2. The minimum atomic E-state index is -2.20. The van der Waals surface area contributed by atoms with Gasteiger partial charge in [0, 0.05) is 30.5 Å². The van der Waals surface area contributed by atoms with E-state index in [-0.39, 0.29) is 30.5 Å². The highest BCUT2D eigenvalue weighted by atomic mass is 32.2. The van der Waals surface area contributed by atoms with Crippen molar-refractivity contribution in [2.75, 3.05) is 5.75 Å². The molecule has 7 N–H and O–H groups in total. The molecule has 0 fully saturated rings. The predicted octanol–water partition coefficient (Wildman–Crippen LogP) is 1.04. The molecular formula is C30H36N4O9S. The largest absolute Gasteiger partial charge is 0.480 e. The van der Waals surface area contributed by atoms with Crippen molar-refractivity contribution >= 4 is 41.5 Å². The summed E-state index contributed by atoms with van der Waals surface area (Å²) in [5, 5.41) is 32.2. The number of hydrogen-bond donors (Lipinski definition) is 6. The molecule has 0 aromatic carbocycles. The molecule has 1 aromatic rings. The van der Waals surface area contributed by atoms with Crippen LogP contribution in [0.3, 0.4) is 0 Å². The average molecular weight is 629 g/mol. The van der Waals surface area contributed by atoms with Gasteiger partial charge in [-0.3, -0.25) is 24.2 Å². The maximum absolute atomic E-state index is 13.2. The number of thioether (sulfide) groups is 1. The van der Waals surface area contributed by atoms with Crippen LogP contribution in [-0.2, 0) is 35.1 Å². The van der Waals surface area contributed by atoms with E-state index in [2.05, 4.69) is 16.4 Å². The van der Waals surface area contributed by atoms with Crippen molar-refractivity contribution in [2.45, 2.75) is 68.5 Å². The lowest BCUT2D eigenvalue weighted by molar-refractivity contribution is -0.151. The van der Waals surface area contributed by atoms with Crippen molar-refractivity contribution in [2.24, 2.45) is 17.6 Å². The Hall–Kier alpha value is -4.01. The molecule has 44 heavy (non-hydrogen) atoms. The second-order valence-electron chi connectivity index (χ2n) is 11.0. The Labute approximate surface area is 258 Å². The SMILES string of the molecule is CCC[C@@]1(SC[C@H](NC(=O)CC[C@H](N)C(=O)O)C(=O)N[C@@H](O)C(=O)O)C=C[C@@H]2CC(Cc3ccncc3)=C[C@@H]3C(=O)OC1=C32. The molecule has 2 amide bonds. The van der Waals surface area contributed by atoms with Crippen LogP contribution in [0.1, 0.15) is 44.6 Å². The van der Waals surface area contributed by atoms with Gasteiger partial charge in [-0.25, -0.2) is 4.79 Å². The number of carboxylic acid groups (broad SMARTS) is 2. The van der Waals surface area contributed by atoms with Gasteiger partial charge in [-0.15, -0.1) is 11.8 Å². The summed E-state index contributed by atoms with van der Waals surface area (Å²) in [5.41, 5.74) is 8.57. The highest BCUT2D eigenvalue weighted by molar-refractivity contribution is 8.01. The van der Waals surface area contributed by atoms with Gasteiger partial charge in [0.25, 0.3) is 0 Å². The molecular weight excluding hydrogens is 592 g/mol. The van der Waals surface area contributed by atoms with Gasteiger partial charge in [0.05, 0.1) is 4.75 Å². The lowest BCUT2D eigenvalue weighted by Crippen LogP contribution is -2.53. The van der Waals surface area contributed by atoms with Crippen molar-refractivity contribution in [3.8, 4) is 0 Å². The number of aromatic nitrogens is 1. The molecule has 1 aromatic heterocycles. The van der Waals surface area contributed by atoms with E-state index in [0.29, 0.717) is 31.4 Å². The van der Waals surface area contributed by atoms with E-state index in [1.807, 2.05) is 36.5 Å². The second-order valence-corrected chi connectivity index (χ2v) is 12.4. The number of nitrogens with two attached hydrogens (primary N) is 1. The zero-order valence-electron chi connectivity index (χ0n) is 24.1. The Balaban J connectivity index is 1.56. The molecule has 13 nitrogen and oxygen atoms in total. The number of nitrogens with zero attached hydrogens (tertiary/aromatic N) is 1. The molecule has 6 atom stereocenters. The summed E-state index contributed by atoms with van der Waals surface area (Å²) in [4.78, 5) is 65.1. The first kappa shape index (κ1) is 32.9. The van der Waals surface area contributed by atoms with Crippen LogP contribution in [0.2, 0.25) is 0 Å². The smallest absolute Gasteiger partial charge is 0.353 e. The molecule has 0 radical (unpaired) electrons. The van der Waals surface area contributed by atoms with E-state index in [9.17, 15) is 29.1 Å². The van der Waals surface area contributed by atoms with Gasteiger partial charge in [-0.2, -0.15) is 0 Å². The van der Waals surface area contributed by atoms with E-state index in [1.165, 1.54) is 11.8 Å². The van der Waals surface area contributed by atoms with Crippen LogP contribution in [0, 0.1) is 11.8 Å². The first-order valence-corrected chi connectivity index (χ1v) is 15.3. The van der Waals surface area contributed by atoms with Crippen LogP contribution in [0.15, 0.2) is 59.7 Å². The number of carboxylic acids is 2. The molecule has 0 unspecified atom stereocenters. The topological polar surface area (TPSA) is 218 Å². The number of ether oxygens (including phenoxy) is 1. The molecule has 2 heterocycles. The quantitative estimate of drug-likeness (QED) is 0.0912. The van der Waals surface area contributed by atoms with Gasteiger partial charge in [0.2, 0.25) is 18.0 Å². The number of carbonyl (C=O) groups is 5. The van der Waals surface area contributed by atoms with Crippen LogP contribution in [0.5, 0.6) is 0 Å². The molecule has 3 aliphatic rings. The van der Waals surface area contributed by atoms with Crippen molar-refractivity contribution in [3.05, 3.63) is 65.2 Å². The second kappa shape index (κ2) is 14.2. The van der Waals surface area contributed by atoms with Crippen LogP contribution in [-0.4, -0.2) is 78.8 Å². The van der Waals surface area contributed by atoms with Crippen LogP contribution < -0.4 is 16.4 Å². The van der Waals surface area contributed by atoms with Gasteiger partial charge in [0.1, 0.15) is 23.8 Å².